The molecule has 0 bridgehead atoms. The fourth-order valence-corrected chi connectivity index (χ4v) is 2.69. The highest BCUT2D eigenvalue weighted by Gasteiger charge is 2.13. The summed E-state index contributed by atoms with van der Waals surface area (Å²) in [5.41, 5.74) is 3.88. The van der Waals surface area contributed by atoms with Crippen LogP contribution in [0.15, 0.2) is 34.8 Å². The van der Waals surface area contributed by atoms with Crippen molar-refractivity contribution in [2.24, 2.45) is 0 Å². The highest BCUT2D eigenvalue weighted by Crippen LogP contribution is 2.28. The van der Waals surface area contributed by atoms with Crippen LogP contribution in [0.5, 0.6) is 0 Å². The second-order valence-electron chi connectivity index (χ2n) is 4.63. The Morgan fingerprint density at radius 2 is 2.18 bits per heavy atom. The zero-order chi connectivity index (χ0) is 12.8. The van der Waals surface area contributed by atoms with Crippen molar-refractivity contribution in [3.63, 3.8) is 0 Å². The first-order valence-electron chi connectivity index (χ1n) is 6.18. The van der Waals surface area contributed by atoms with E-state index < -0.39 is 0 Å². The molecule has 1 N–H and O–H groups in total. The van der Waals surface area contributed by atoms with E-state index in [2.05, 4.69) is 66.8 Å². The van der Waals surface area contributed by atoms with Gasteiger partial charge in [0, 0.05) is 10.5 Å². The molecule has 1 aromatic rings. The van der Waals surface area contributed by atoms with Crippen LogP contribution in [0.4, 0.5) is 0 Å². The summed E-state index contributed by atoms with van der Waals surface area (Å²) in [6, 6.07) is 6.98. The van der Waals surface area contributed by atoms with Crippen LogP contribution in [0.1, 0.15) is 43.9 Å². The number of benzene rings is 1. The van der Waals surface area contributed by atoms with Crippen LogP contribution in [0.2, 0.25) is 0 Å². The molecule has 0 saturated heterocycles. The van der Waals surface area contributed by atoms with Gasteiger partial charge in [-0.2, -0.15) is 0 Å². The third-order valence-electron chi connectivity index (χ3n) is 2.84. The fourth-order valence-electron chi connectivity index (χ4n) is 1.92. The van der Waals surface area contributed by atoms with Gasteiger partial charge in [0.25, 0.3) is 0 Å². The van der Waals surface area contributed by atoms with Gasteiger partial charge in [0.05, 0.1) is 0 Å². The van der Waals surface area contributed by atoms with E-state index in [0.717, 1.165) is 19.4 Å². The van der Waals surface area contributed by atoms with E-state index in [4.69, 9.17) is 0 Å². The molecular formula is C15H22BrN. The van der Waals surface area contributed by atoms with Crippen molar-refractivity contribution in [1.29, 1.82) is 0 Å². The molecule has 0 aliphatic carbocycles. The highest BCUT2D eigenvalue weighted by atomic mass is 79.9. The molecule has 94 valence electrons. The van der Waals surface area contributed by atoms with E-state index in [-0.39, 0.29) is 0 Å². The minimum absolute atomic E-state index is 0.409. The Labute approximate surface area is 113 Å². The topological polar surface area (TPSA) is 12.0 Å². The summed E-state index contributed by atoms with van der Waals surface area (Å²) in [4.78, 5) is 0. The Kier molecular flexibility index (Phi) is 5.93. The van der Waals surface area contributed by atoms with Gasteiger partial charge in [-0.25, -0.2) is 0 Å². The third kappa shape index (κ3) is 4.64. The molecule has 0 fully saturated rings. The third-order valence-corrected chi connectivity index (χ3v) is 3.53. The van der Waals surface area contributed by atoms with E-state index in [1.165, 1.54) is 21.2 Å². The van der Waals surface area contributed by atoms with Crippen molar-refractivity contribution in [1.82, 2.24) is 5.32 Å². The van der Waals surface area contributed by atoms with Crippen LogP contribution >= 0.6 is 15.9 Å². The largest absolute Gasteiger partial charge is 0.310 e. The number of allylic oxidation sites excluding steroid dienone is 1. The molecular weight excluding hydrogens is 274 g/mol. The van der Waals surface area contributed by atoms with E-state index in [0.29, 0.717) is 6.04 Å². The second-order valence-corrected chi connectivity index (χ2v) is 5.49. The van der Waals surface area contributed by atoms with Crippen molar-refractivity contribution in [2.75, 3.05) is 6.54 Å². The van der Waals surface area contributed by atoms with Crippen molar-refractivity contribution in [3.05, 3.63) is 46.0 Å². The normalized spacial score (nSPS) is 12.5. The fraction of sp³-hybridized carbons (Fsp3) is 0.467. The molecule has 0 heterocycles. The molecule has 2 heteroatoms. The minimum Gasteiger partial charge on any atom is -0.310 e. The van der Waals surface area contributed by atoms with Crippen molar-refractivity contribution in [2.45, 2.75) is 39.7 Å². The van der Waals surface area contributed by atoms with Crippen LogP contribution < -0.4 is 5.32 Å². The Balaban J connectivity index is 2.84. The van der Waals surface area contributed by atoms with E-state index >= 15 is 0 Å². The van der Waals surface area contributed by atoms with Crippen molar-refractivity contribution < 1.29 is 0 Å². The highest BCUT2D eigenvalue weighted by molar-refractivity contribution is 9.10. The molecule has 0 aromatic heterocycles. The Morgan fingerprint density at radius 1 is 1.47 bits per heavy atom. The van der Waals surface area contributed by atoms with Gasteiger partial charge < -0.3 is 5.32 Å². The summed E-state index contributed by atoms with van der Waals surface area (Å²) in [5, 5.41) is 3.54. The standard InChI is InChI=1S/C15H22BrN/c1-5-17-15(9-6-11(2)3)13-8-7-12(4)10-14(13)16/h7-8,10,15,17H,2,5-6,9H2,1,3-4H3. The lowest BCUT2D eigenvalue weighted by atomic mass is 9.99. The van der Waals surface area contributed by atoms with Gasteiger partial charge in [-0.1, -0.05) is 40.6 Å². The number of rotatable bonds is 6. The Bertz CT molecular complexity index is 385. The average molecular weight is 296 g/mol. The maximum atomic E-state index is 3.98. The summed E-state index contributed by atoms with van der Waals surface area (Å²) in [6.45, 7) is 11.3. The zero-order valence-electron chi connectivity index (χ0n) is 11.0. The minimum atomic E-state index is 0.409. The molecule has 0 saturated carbocycles. The number of halogens is 1. The first kappa shape index (κ1) is 14.5. The van der Waals surface area contributed by atoms with Crippen LogP contribution in [-0.4, -0.2) is 6.54 Å². The maximum Gasteiger partial charge on any atom is 0.0334 e. The summed E-state index contributed by atoms with van der Waals surface area (Å²) < 4.78 is 1.20. The van der Waals surface area contributed by atoms with Gasteiger partial charge >= 0.3 is 0 Å². The predicted molar refractivity (Wildman–Crippen MR) is 79.3 cm³/mol. The molecule has 1 unspecified atom stereocenters. The molecule has 1 atom stereocenters. The molecule has 1 aromatic carbocycles. The maximum absolute atomic E-state index is 3.98. The Morgan fingerprint density at radius 3 is 2.71 bits per heavy atom. The number of hydrogen-bond donors (Lipinski definition) is 1. The van der Waals surface area contributed by atoms with Crippen LogP contribution in [0.3, 0.4) is 0 Å². The van der Waals surface area contributed by atoms with Gasteiger partial charge in [-0.05, 0) is 50.4 Å². The lowest BCUT2D eigenvalue weighted by molar-refractivity contribution is 0.513. The average Bonchev–Trinajstić information content (AvgIpc) is 2.24. The quantitative estimate of drug-likeness (QED) is 0.746. The molecule has 1 nitrogen and oxygen atoms in total. The molecule has 0 aliphatic heterocycles. The van der Waals surface area contributed by atoms with Gasteiger partial charge in [0.15, 0.2) is 0 Å². The predicted octanol–water partition coefficient (Wildman–Crippen LogP) is 4.76. The lowest BCUT2D eigenvalue weighted by Gasteiger charge is -2.20. The summed E-state index contributed by atoms with van der Waals surface area (Å²) in [5.74, 6) is 0. The van der Waals surface area contributed by atoms with Gasteiger partial charge in [0.2, 0.25) is 0 Å². The zero-order valence-corrected chi connectivity index (χ0v) is 12.6. The van der Waals surface area contributed by atoms with E-state index in [1.54, 1.807) is 0 Å². The van der Waals surface area contributed by atoms with Gasteiger partial charge in [-0.15, -0.1) is 6.58 Å². The van der Waals surface area contributed by atoms with Crippen LogP contribution in [-0.2, 0) is 0 Å². The summed E-state index contributed by atoms with van der Waals surface area (Å²) in [6.07, 6.45) is 2.17. The van der Waals surface area contributed by atoms with Crippen molar-refractivity contribution >= 4 is 15.9 Å². The summed E-state index contributed by atoms with van der Waals surface area (Å²) >= 11 is 3.66. The first-order chi connectivity index (χ1) is 8.04. The van der Waals surface area contributed by atoms with Crippen LogP contribution in [0, 0.1) is 6.92 Å². The lowest BCUT2D eigenvalue weighted by Crippen LogP contribution is -2.21. The number of hydrogen-bond acceptors (Lipinski definition) is 1. The molecule has 0 spiro atoms. The van der Waals surface area contributed by atoms with E-state index in [9.17, 15) is 0 Å². The monoisotopic (exact) mass is 295 g/mol. The molecule has 0 radical (unpaired) electrons. The van der Waals surface area contributed by atoms with Crippen molar-refractivity contribution in [3.8, 4) is 0 Å². The number of nitrogens with one attached hydrogen (secondary N) is 1. The molecule has 0 amide bonds. The van der Waals surface area contributed by atoms with Gasteiger partial charge in [-0.3, -0.25) is 0 Å². The number of aryl methyl sites for hydroxylation is 1. The molecule has 0 aliphatic rings. The SMILES string of the molecule is C=C(C)CCC(NCC)c1ccc(C)cc1Br. The van der Waals surface area contributed by atoms with E-state index in [1.807, 2.05) is 0 Å². The Hall–Kier alpha value is -0.600. The molecule has 1 rings (SSSR count). The van der Waals surface area contributed by atoms with Crippen LogP contribution in [0.25, 0.3) is 0 Å². The molecule has 17 heavy (non-hydrogen) atoms. The van der Waals surface area contributed by atoms with Gasteiger partial charge in [0.1, 0.15) is 0 Å². The first-order valence-corrected chi connectivity index (χ1v) is 6.97. The summed E-state index contributed by atoms with van der Waals surface area (Å²) in [7, 11) is 0. The second kappa shape index (κ2) is 6.97. The smallest absolute Gasteiger partial charge is 0.0334 e.